The third kappa shape index (κ3) is 2.78. The molecular weight excluding hydrogens is 284 g/mol. The summed E-state index contributed by atoms with van der Waals surface area (Å²) in [5.41, 5.74) is 0. The van der Waals surface area contributed by atoms with Crippen molar-refractivity contribution < 1.29 is 8.42 Å². The van der Waals surface area contributed by atoms with Crippen molar-refractivity contribution in [3.63, 3.8) is 0 Å². The molecule has 1 heterocycles. The molecule has 1 fully saturated rings. The average Bonchev–Trinajstić information content (AvgIpc) is 3.30. The minimum Gasteiger partial charge on any atom is -0.264 e. The third-order valence-corrected chi connectivity index (χ3v) is 5.55. The van der Waals surface area contributed by atoms with E-state index in [1.54, 1.807) is 30.6 Å². The molecular formula is C16H16N2O2S. The first-order valence-electron chi connectivity index (χ1n) is 6.89. The second kappa shape index (κ2) is 5.47. The van der Waals surface area contributed by atoms with Gasteiger partial charge in [0.1, 0.15) is 0 Å². The van der Waals surface area contributed by atoms with Crippen LogP contribution in [-0.4, -0.2) is 30.8 Å². The molecule has 0 amide bonds. The first-order valence-corrected chi connectivity index (χ1v) is 8.33. The van der Waals surface area contributed by atoms with Gasteiger partial charge in [-0.2, -0.15) is 4.31 Å². The molecule has 0 bridgehead atoms. The lowest BCUT2D eigenvalue weighted by Crippen LogP contribution is -2.33. The topological polar surface area (TPSA) is 50.3 Å². The zero-order chi connectivity index (χ0) is 14.9. The van der Waals surface area contributed by atoms with Crippen LogP contribution in [-0.2, 0) is 10.0 Å². The van der Waals surface area contributed by atoms with E-state index in [1.165, 1.54) is 4.31 Å². The van der Waals surface area contributed by atoms with Gasteiger partial charge in [-0.25, -0.2) is 8.42 Å². The van der Waals surface area contributed by atoms with Crippen LogP contribution in [0.25, 0.3) is 10.8 Å². The Morgan fingerprint density at radius 2 is 2.14 bits per heavy atom. The van der Waals surface area contributed by atoms with E-state index in [2.05, 4.69) is 10.9 Å². The molecule has 0 N–H and O–H groups in total. The molecule has 0 unspecified atom stereocenters. The molecule has 2 aromatic rings. The van der Waals surface area contributed by atoms with Crippen LogP contribution < -0.4 is 0 Å². The molecule has 0 spiro atoms. The van der Waals surface area contributed by atoms with Gasteiger partial charge in [-0.05, 0) is 30.9 Å². The fourth-order valence-corrected chi connectivity index (χ4v) is 4.04. The van der Waals surface area contributed by atoms with Gasteiger partial charge in [-0.15, -0.1) is 6.42 Å². The summed E-state index contributed by atoms with van der Waals surface area (Å²) in [4.78, 5) is 4.34. The van der Waals surface area contributed by atoms with E-state index in [-0.39, 0.29) is 6.54 Å². The first-order chi connectivity index (χ1) is 10.1. The van der Waals surface area contributed by atoms with Crippen molar-refractivity contribution in [3.8, 4) is 12.3 Å². The summed E-state index contributed by atoms with van der Waals surface area (Å²) in [7, 11) is -3.58. The summed E-state index contributed by atoms with van der Waals surface area (Å²) >= 11 is 0. The number of hydrogen-bond acceptors (Lipinski definition) is 3. The molecule has 0 aliphatic heterocycles. The maximum Gasteiger partial charge on any atom is 0.244 e. The second-order valence-electron chi connectivity index (χ2n) is 5.30. The lowest BCUT2D eigenvalue weighted by molar-refractivity contribution is 0.430. The summed E-state index contributed by atoms with van der Waals surface area (Å²) in [6, 6.07) is 6.96. The number of sulfonamides is 1. The van der Waals surface area contributed by atoms with Gasteiger partial charge in [0, 0.05) is 29.7 Å². The molecule has 4 nitrogen and oxygen atoms in total. The molecule has 0 radical (unpaired) electrons. The van der Waals surface area contributed by atoms with Crippen molar-refractivity contribution in [2.45, 2.75) is 17.7 Å². The van der Waals surface area contributed by atoms with Crippen LogP contribution in [0.1, 0.15) is 12.8 Å². The Bertz CT molecular complexity index is 799. The van der Waals surface area contributed by atoms with Crippen molar-refractivity contribution in [2.24, 2.45) is 5.92 Å². The van der Waals surface area contributed by atoms with Gasteiger partial charge in [0.25, 0.3) is 0 Å². The van der Waals surface area contributed by atoms with Crippen LogP contribution in [0.5, 0.6) is 0 Å². The Labute approximate surface area is 124 Å². The molecule has 1 aliphatic rings. The van der Waals surface area contributed by atoms with Gasteiger partial charge in [-0.1, -0.05) is 18.1 Å². The Hall–Kier alpha value is -1.90. The summed E-state index contributed by atoms with van der Waals surface area (Å²) in [6.45, 7) is 0.619. The van der Waals surface area contributed by atoms with Crippen molar-refractivity contribution >= 4 is 20.8 Å². The maximum atomic E-state index is 12.9. The second-order valence-corrected chi connectivity index (χ2v) is 7.20. The van der Waals surface area contributed by atoms with Crippen LogP contribution in [0.3, 0.4) is 0 Å². The Morgan fingerprint density at radius 3 is 2.86 bits per heavy atom. The van der Waals surface area contributed by atoms with Crippen LogP contribution in [0.15, 0.2) is 41.6 Å². The number of rotatable bonds is 5. The van der Waals surface area contributed by atoms with Crippen LogP contribution >= 0.6 is 0 Å². The molecule has 1 aromatic heterocycles. The minimum atomic E-state index is -3.58. The molecule has 108 valence electrons. The lowest BCUT2D eigenvalue weighted by atomic mass is 10.2. The van der Waals surface area contributed by atoms with Crippen molar-refractivity contribution in [2.75, 3.05) is 13.1 Å². The van der Waals surface area contributed by atoms with Gasteiger partial charge in [0.2, 0.25) is 10.0 Å². The smallest absolute Gasteiger partial charge is 0.244 e. The van der Waals surface area contributed by atoms with Gasteiger partial charge in [0.15, 0.2) is 0 Å². The Morgan fingerprint density at radius 1 is 1.33 bits per heavy atom. The van der Waals surface area contributed by atoms with Gasteiger partial charge in [0.05, 0.1) is 11.4 Å². The fourth-order valence-electron chi connectivity index (χ4n) is 2.39. The monoisotopic (exact) mass is 300 g/mol. The van der Waals surface area contributed by atoms with Gasteiger partial charge < -0.3 is 0 Å². The number of terminal acetylenes is 1. The zero-order valence-electron chi connectivity index (χ0n) is 11.6. The first kappa shape index (κ1) is 14.1. The molecule has 3 rings (SSSR count). The minimum absolute atomic E-state index is 0.111. The molecule has 0 atom stereocenters. The summed E-state index contributed by atoms with van der Waals surface area (Å²) in [5, 5.41) is 1.50. The molecule has 1 aromatic carbocycles. The van der Waals surface area contributed by atoms with E-state index in [9.17, 15) is 8.42 Å². The number of aromatic nitrogens is 1. The van der Waals surface area contributed by atoms with Gasteiger partial charge >= 0.3 is 0 Å². The maximum absolute atomic E-state index is 12.9. The number of nitrogens with zero attached hydrogens (tertiary/aromatic N) is 2. The van der Waals surface area contributed by atoms with E-state index >= 15 is 0 Å². The average molecular weight is 300 g/mol. The quantitative estimate of drug-likeness (QED) is 0.796. The van der Waals surface area contributed by atoms with E-state index in [4.69, 9.17) is 6.42 Å². The van der Waals surface area contributed by atoms with Crippen LogP contribution in [0.4, 0.5) is 0 Å². The van der Waals surface area contributed by atoms with Gasteiger partial charge in [-0.3, -0.25) is 4.98 Å². The number of fused-ring (bicyclic) bond motifs is 1. The number of hydrogen-bond donors (Lipinski definition) is 0. The van der Waals surface area contributed by atoms with Crippen molar-refractivity contribution in [1.82, 2.24) is 9.29 Å². The SMILES string of the molecule is C#CCN(CC1CC1)S(=O)(=O)c1cccc2cnccc12. The highest BCUT2D eigenvalue weighted by molar-refractivity contribution is 7.89. The highest BCUT2D eigenvalue weighted by Gasteiger charge is 2.32. The van der Waals surface area contributed by atoms with E-state index in [1.807, 2.05) is 6.07 Å². The molecule has 1 saturated carbocycles. The predicted octanol–water partition coefficient (Wildman–Crippen LogP) is 2.27. The Kier molecular flexibility index (Phi) is 3.66. The van der Waals surface area contributed by atoms with Crippen LogP contribution in [0.2, 0.25) is 0 Å². The summed E-state index contributed by atoms with van der Waals surface area (Å²) < 4.78 is 27.2. The molecule has 5 heteroatoms. The number of benzene rings is 1. The fraction of sp³-hybridized carbons (Fsp3) is 0.312. The van der Waals surface area contributed by atoms with E-state index < -0.39 is 10.0 Å². The van der Waals surface area contributed by atoms with Crippen molar-refractivity contribution in [1.29, 1.82) is 0 Å². The largest absolute Gasteiger partial charge is 0.264 e. The van der Waals surface area contributed by atoms with E-state index in [0.29, 0.717) is 22.7 Å². The van der Waals surface area contributed by atoms with Crippen LogP contribution in [0, 0.1) is 18.3 Å². The standard InChI is InChI=1S/C16H16N2O2S/c1-2-10-18(12-13-6-7-13)21(19,20)16-5-3-4-14-11-17-9-8-15(14)16/h1,3-5,8-9,11,13H,6-7,10,12H2. The van der Waals surface area contributed by atoms with E-state index in [0.717, 1.165) is 18.2 Å². The highest BCUT2D eigenvalue weighted by Crippen LogP contribution is 2.32. The summed E-state index contributed by atoms with van der Waals surface area (Å²) in [6.07, 6.45) is 10.8. The summed E-state index contributed by atoms with van der Waals surface area (Å²) in [5.74, 6) is 2.91. The molecule has 1 aliphatic carbocycles. The molecule has 21 heavy (non-hydrogen) atoms. The zero-order valence-corrected chi connectivity index (χ0v) is 12.4. The number of pyridine rings is 1. The highest BCUT2D eigenvalue weighted by atomic mass is 32.2. The predicted molar refractivity (Wildman–Crippen MR) is 82.1 cm³/mol. The van der Waals surface area contributed by atoms with Crippen molar-refractivity contribution in [3.05, 3.63) is 36.7 Å². The molecule has 0 saturated heterocycles. The Balaban J connectivity index is 2.08. The normalized spacial score (nSPS) is 15.2. The third-order valence-electron chi connectivity index (χ3n) is 3.68. The lowest BCUT2D eigenvalue weighted by Gasteiger charge is -2.20.